The normalized spacial score (nSPS) is 18.5. The number of hydrogen-bond acceptors (Lipinski definition) is 4. The lowest BCUT2D eigenvalue weighted by molar-refractivity contribution is -0.117. The molecule has 1 aliphatic rings. The van der Waals surface area contributed by atoms with Crippen LogP contribution in [0.2, 0.25) is 0 Å². The van der Waals surface area contributed by atoms with Crippen molar-refractivity contribution in [3.8, 4) is 0 Å². The van der Waals surface area contributed by atoms with Crippen LogP contribution in [0.25, 0.3) is 6.08 Å². The van der Waals surface area contributed by atoms with Gasteiger partial charge in [-0.3, -0.25) is 9.69 Å². The molecule has 1 aliphatic heterocycles. The van der Waals surface area contributed by atoms with E-state index in [2.05, 4.69) is 28.8 Å². The number of benzene rings is 1. The Labute approximate surface area is 137 Å². The quantitative estimate of drug-likeness (QED) is 0.667. The lowest BCUT2D eigenvalue weighted by Crippen LogP contribution is -2.37. The number of carbonyl (C=O) groups is 2. The Hall–Kier alpha value is -2.14. The van der Waals surface area contributed by atoms with Crippen LogP contribution < -0.4 is 5.32 Å². The van der Waals surface area contributed by atoms with E-state index in [1.165, 1.54) is 13.2 Å². The molecule has 1 N–H and O–H groups in total. The zero-order valence-corrected chi connectivity index (χ0v) is 13.9. The van der Waals surface area contributed by atoms with Gasteiger partial charge < -0.3 is 10.1 Å². The van der Waals surface area contributed by atoms with E-state index in [0.717, 1.165) is 25.1 Å². The molecule has 0 spiro atoms. The molecule has 0 aliphatic carbocycles. The SMILES string of the molecule is COC(=O)c1ccc(C=CC(=O)NC2CCN(C(C)C)C2)cc1. The van der Waals surface area contributed by atoms with E-state index in [9.17, 15) is 9.59 Å². The molecule has 1 amide bonds. The Kier molecular flexibility index (Phi) is 5.93. The molecule has 0 bridgehead atoms. The zero-order chi connectivity index (χ0) is 16.8. The molecule has 23 heavy (non-hydrogen) atoms. The van der Waals surface area contributed by atoms with Gasteiger partial charge in [0.05, 0.1) is 12.7 Å². The Morgan fingerprint density at radius 2 is 2.00 bits per heavy atom. The summed E-state index contributed by atoms with van der Waals surface area (Å²) >= 11 is 0. The second-order valence-electron chi connectivity index (χ2n) is 6.03. The first-order chi connectivity index (χ1) is 11.0. The first-order valence-electron chi connectivity index (χ1n) is 7.90. The molecule has 124 valence electrons. The fourth-order valence-corrected chi connectivity index (χ4v) is 2.64. The molecular weight excluding hydrogens is 292 g/mol. The molecule has 0 saturated carbocycles. The number of amides is 1. The fraction of sp³-hybridized carbons (Fsp3) is 0.444. The van der Waals surface area contributed by atoms with E-state index < -0.39 is 0 Å². The van der Waals surface area contributed by atoms with Crippen molar-refractivity contribution in [2.75, 3.05) is 20.2 Å². The highest BCUT2D eigenvalue weighted by Crippen LogP contribution is 2.12. The lowest BCUT2D eigenvalue weighted by Gasteiger charge is -2.20. The van der Waals surface area contributed by atoms with E-state index in [1.807, 2.05) is 0 Å². The molecule has 2 rings (SSSR count). The number of carbonyl (C=O) groups excluding carboxylic acids is 2. The number of hydrogen-bond donors (Lipinski definition) is 1. The van der Waals surface area contributed by atoms with Crippen molar-refractivity contribution >= 4 is 18.0 Å². The van der Waals surface area contributed by atoms with Gasteiger partial charge >= 0.3 is 5.97 Å². The largest absolute Gasteiger partial charge is 0.465 e. The van der Waals surface area contributed by atoms with Crippen LogP contribution in [-0.4, -0.2) is 49.1 Å². The maximum Gasteiger partial charge on any atom is 0.337 e. The minimum absolute atomic E-state index is 0.0855. The van der Waals surface area contributed by atoms with Crippen molar-refractivity contribution in [2.45, 2.75) is 32.4 Å². The van der Waals surface area contributed by atoms with Crippen molar-refractivity contribution < 1.29 is 14.3 Å². The summed E-state index contributed by atoms with van der Waals surface area (Å²) in [6.45, 7) is 6.27. The summed E-state index contributed by atoms with van der Waals surface area (Å²) in [6, 6.07) is 7.66. The van der Waals surface area contributed by atoms with E-state index in [1.54, 1.807) is 30.3 Å². The summed E-state index contributed by atoms with van der Waals surface area (Å²) in [5, 5.41) is 3.03. The monoisotopic (exact) mass is 316 g/mol. The van der Waals surface area contributed by atoms with Crippen LogP contribution in [0.4, 0.5) is 0 Å². The third kappa shape index (κ3) is 4.93. The number of esters is 1. The summed E-state index contributed by atoms with van der Waals surface area (Å²) in [7, 11) is 1.35. The predicted molar refractivity (Wildman–Crippen MR) is 90.1 cm³/mol. The van der Waals surface area contributed by atoms with Gasteiger partial charge in [-0.05, 0) is 44.0 Å². The van der Waals surface area contributed by atoms with Gasteiger partial charge in [0, 0.05) is 31.2 Å². The number of nitrogens with zero attached hydrogens (tertiary/aromatic N) is 1. The Bertz CT molecular complexity index is 578. The topological polar surface area (TPSA) is 58.6 Å². The standard InChI is InChI=1S/C18H24N2O3/c1-13(2)20-11-10-16(12-20)19-17(21)9-6-14-4-7-15(8-5-14)18(22)23-3/h4-9,13,16H,10-12H2,1-3H3,(H,19,21). The highest BCUT2D eigenvalue weighted by molar-refractivity contribution is 5.92. The van der Waals surface area contributed by atoms with Crippen molar-refractivity contribution in [2.24, 2.45) is 0 Å². The molecular formula is C18H24N2O3. The van der Waals surface area contributed by atoms with Crippen LogP contribution in [0.1, 0.15) is 36.2 Å². The number of likely N-dealkylation sites (tertiary alicyclic amines) is 1. The van der Waals surface area contributed by atoms with Crippen LogP contribution in [0, 0.1) is 0 Å². The van der Waals surface area contributed by atoms with Gasteiger partial charge in [-0.15, -0.1) is 0 Å². The van der Waals surface area contributed by atoms with Crippen LogP contribution in [0.15, 0.2) is 30.3 Å². The molecule has 5 nitrogen and oxygen atoms in total. The summed E-state index contributed by atoms with van der Waals surface area (Å²) < 4.78 is 4.65. The van der Waals surface area contributed by atoms with Gasteiger partial charge in [-0.2, -0.15) is 0 Å². The maximum absolute atomic E-state index is 12.0. The minimum Gasteiger partial charge on any atom is -0.465 e. The molecule has 0 aromatic heterocycles. The minimum atomic E-state index is -0.366. The Morgan fingerprint density at radius 3 is 2.57 bits per heavy atom. The van der Waals surface area contributed by atoms with Crippen molar-refractivity contribution in [1.29, 1.82) is 0 Å². The molecule has 1 aromatic carbocycles. The summed E-state index contributed by atoms with van der Waals surface area (Å²) in [4.78, 5) is 25.7. The van der Waals surface area contributed by atoms with Gasteiger partial charge in [0.25, 0.3) is 0 Å². The maximum atomic E-state index is 12.0. The molecule has 5 heteroatoms. The molecule has 0 radical (unpaired) electrons. The second-order valence-corrected chi connectivity index (χ2v) is 6.03. The Balaban J connectivity index is 1.85. The summed E-state index contributed by atoms with van der Waals surface area (Å²) in [5.41, 5.74) is 1.36. The van der Waals surface area contributed by atoms with E-state index in [4.69, 9.17) is 0 Å². The Morgan fingerprint density at radius 1 is 1.30 bits per heavy atom. The summed E-state index contributed by atoms with van der Waals surface area (Å²) in [5.74, 6) is -0.452. The van der Waals surface area contributed by atoms with E-state index in [-0.39, 0.29) is 17.9 Å². The predicted octanol–water partition coefficient (Wildman–Crippen LogP) is 2.09. The van der Waals surface area contributed by atoms with Gasteiger partial charge in [-0.25, -0.2) is 4.79 Å². The third-order valence-corrected chi connectivity index (χ3v) is 4.06. The van der Waals surface area contributed by atoms with Crippen molar-refractivity contribution in [3.05, 3.63) is 41.5 Å². The molecule has 1 fully saturated rings. The molecule has 1 unspecified atom stereocenters. The van der Waals surface area contributed by atoms with Crippen molar-refractivity contribution in [1.82, 2.24) is 10.2 Å². The first-order valence-corrected chi connectivity index (χ1v) is 7.90. The van der Waals surface area contributed by atoms with Crippen LogP contribution in [0.5, 0.6) is 0 Å². The summed E-state index contributed by atoms with van der Waals surface area (Å²) in [6.07, 6.45) is 4.27. The zero-order valence-electron chi connectivity index (χ0n) is 13.9. The fourth-order valence-electron chi connectivity index (χ4n) is 2.64. The lowest BCUT2D eigenvalue weighted by atomic mass is 10.1. The number of rotatable bonds is 5. The smallest absolute Gasteiger partial charge is 0.337 e. The number of methoxy groups -OCH3 is 1. The van der Waals surface area contributed by atoms with Gasteiger partial charge in [-0.1, -0.05) is 12.1 Å². The van der Waals surface area contributed by atoms with Crippen LogP contribution >= 0.6 is 0 Å². The highest BCUT2D eigenvalue weighted by Gasteiger charge is 2.24. The van der Waals surface area contributed by atoms with Crippen LogP contribution in [0.3, 0.4) is 0 Å². The number of ether oxygens (including phenoxy) is 1. The first kappa shape index (κ1) is 17.2. The molecule has 1 saturated heterocycles. The average Bonchev–Trinajstić information content (AvgIpc) is 3.01. The van der Waals surface area contributed by atoms with Crippen LogP contribution in [-0.2, 0) is 9.53 Å². The van der Waals surface area contributed by atoms with E-state index in [0.29, 0.717) is 11.6 Å². The molecule has 1 atom stereocenters. The molecule has 1 aromatic rings. The molecule has 1 heterocycles. The van der Waals surface area contributed by atoms with Gasteiger partial charge in [0.1, 0.15) is 0 Å². The average molecular weight is 316 g/mol. The van der Waals surface area contributed by atoms with Gasteiger partial charge in [0.15, 0.2) is 0 Å². The van der Waals surface area contributed by atoms with Crippen molar-refractivity contribution in [3.63, 3.8) is 0 Å². The number of nitrogens with one attached hydrogen (secondary N) is 1. The second kappa shape index (κ2) is 7.92. The van der Waals surface area contributed by atoms with E-state index >= 15 is 0 Å². The third-order valence-electron chi connectivity index (χ3n) is 4.06. The highest BCUT2D eigenvalue weighted by atomic mass is 16.5. The van der Waals surface area contributed by atoms with Gasteiger partial charge in [0.2, 0.25) is 5.91 Å².